The van der Waals surface area contributed by atoms with E-state index in [1.807, 2.05) is 42.5 Å². The normalized spacial score (nSPS) is 10.8. The molecule has 0 aliphatic carbocycles. The van der Waals surface area contributed by atoms with Crippen molar-refractivity contribution < 1.29 is 31.3 Å². The number of phenols is 2. The average Bonchev–Trinajstić information content (AvgIpc) is 2.74. The van der Waals surface area contributed by atoms with Gasteiger partial charge in [0, 0.05) is 37.6 Å². The van der Waals surface area contributed by atoms with Crippen molar-refractivity contribution in [1.82, 2.24) is 15.0 Å². The second-order valence-electron chi connectivity index (χ2n) is 6.49. The first-order chi connectivity index (χ1) is 13.7. The number of aromatic nitrogens is 3. The number of rotatable bonds is 2. The molecule has 2 N–H and O–H groups in total. The molecule has 2 heterocycles. The molecule has 0 saturated heterocycles. The topological polar surface area (TPSA) is 79.1 Å². The van der Waals surface area contributed by atoms with Gasteiger partial charge in [0.25, 0.3) is 0 Å². The predicted molar refractivity (Wildman–Crippen MR) is 109 cm³/mol. The monoisotopic (exact) mass is 560 g/mol. The van der Waals surface area contributed by atoms with E-state index in [4.69, 9.17) is 9.97 Å². The van der Waals surface area contributed by atoms with E-state index >= 15 is 0 Å². The maximum Gasteiger partial charge on any atom is 0.125 e. The Morgan fingerprint density at radius 3 is 1.86 bits per heavy atom. The van der Waals surface area contributed by atoms with E-state index < -0.39 is 0 Å². The first-order valence-corrected chi connectivity index (χ1v) is 8.84. The van der Waals surface area contributed by atoms with Gasteiger partial charge in [-0.1, -0.05) is 36.4 Å². The van der Waals surface area contributed by atoms with E-state index in [-0.39, 0.29) is 32.6 Å². The smallest absolute Gasteiger partial charge is 0.125 e. The van der Waals surface area contributed by atoms with Crippen LogP contribution in [0.2, 0.25) is 0 Å². The summed E-state index contributed by atoms with van der Waals surface area (Å²) in [7, 11) is 0. The summed E-state index contributed by atoms with van der Waals surface area (Å²) < 4.78 is 0. The number of para-hydroxylation sites is 2. The number of aromatic hydroxyl groups is 2. The Labute approximate surface area is 181 Å². The van der Waals surface area contributed by atoms with Crippen LogP contribution in [0.15, 0.2) is 79.0 Å². The van der Waals surface area contributed by atoms with Crippen LogP contribution in [0.3, 0.4) is 0 Å². The maximum atomic E-state index is 10.2. The minimum atomic E-state index is 0. The van der Waals surface area contributed by atoms with Crippen LogP contribution in [-0.4, -0.2) is 25.2 Å². The van der Waals surface area contributed by atoms with Crippen LogP contribution in [0, 0.1) is 0 Å². The first kappa shape index (κ1) is 19.0. The Morgan fingerprint density at radius 1 is 0.586 bits per heavy atom. The molecule has 0 fully saturated rings. The molecule has 0 aliphatic rings. The Hall–Kier alpha value is -3.30. The number of phenolic OH excluding ortho intramolecular Hbond substituents is 2. The number of benzene rings is 3. The molecular weight excluding hydrogens is 545 g/mol. The van der Waals surface area contributed by atoms with Gasteiger partial charge in [0.2, 0.25) is 0 Å². The third-order valence-electron chi connectivity index (χ3n) is 4.73. The van der Waals surface area contributed by atoms with Crippen LogP contribution >= 0.6 is 0 Å². The zero-order valence-corrected chi connectivity index (χ0v) is 17.3. The quantitative estimate of drug-likeness (QED) is 0.300. The largest absolute Gasteiger partial charge is 0.507 e. The van der Waals surface area contributed by atoms with E-state index in [0.717, 1.165) is 5.39 Å². The summed E-state index contributed by atoms with van der Waals surface area (Å²) in [5.41, 5.74) is 4.57. The maximum absolute atomic E-state index is 10.2. The van der Waals surface area contributed by atoms with Gasteiger partial charge in [-0.05, 0) is 36.4 Å². The van der Waals surface area contributed by atoms with Crippen molar-refractivity contribution in [2.45, 2.75) is 0 Å². The fourth-order valence-corrected chi connectivity index (χ4v) is 3.32. The summed E-state index contributed by atoms with van der Waals surface area (Å²) in [6, 6.07) is 21.8. The van der Waals surface area contributed by atoms with E-state index in [1.165, 1.54) is 0 Å². The predicted octanol–water partition coefficient (Wildman–Crippen LogP) is 4.92. The zero-order chi connectivity index (χ0) is 19.1. The first-order valence-electron chi connectivity index (χ1n) is 8.84. The van der Waals surface area contributed by atoms with Gasteiger partial charge in [0.05, 0.1) is 28.6 Å². The number of fused-ring (bicyclic) bond motifs is 3. The van der Waals surface area contributed by atoms with Gasteiger partial charge in [-0.15, -0.1) is 0 Å². The number of hydrogen-bond acceptors (Lipinski definition) is 5. The molecule has 3 aromatic carbocycles. The Balaban J connectivity index is 0.00000205. The average molecular weight is 560 g/mol. The van der Waals surface area contributed by atoms with Crippen LogP contribution in [0.25, 0.3) is 44.5 Å². The fraction of sp³-hybridized carbons (Fsp3) is 0. The molecule has 0 radical (unpaired) electrons. The minimum absolute atomic E-state index is 0. The Kier molecular flexibility index (Phi) is 4.99. The van der Waals surface area contributed by atoms with Crippen molar-refractivity contribution in [3.8, 4) is 34.0 Å². The van der Waals surface area contributed by atoms with Crippen LogP contribution < -0.4 is 0 Å². The molecule has 0 saturated carbocycles. The van der Waals surface area contributed by atoms with Crippen molar-refractivity contribution in [3.05, 3.63) is 79.0 Å². The number of nitrogens with zero attached hydrogens (tertiary/aromatic N) is 3. The van der Waals surface area contributed by atoms with Crippen molar-refractivity contribution in [2.24, 2.45) is 0 Å². The third-order valence-corrected chi connectivity index (χ3v) is 4.73. The van der Waals surface area contributed by atoms with Crippen LogP contribution in [0.5, 0.6) is 11.5 Å². The Morgan fingerprint density at radius 2 is 1.17 bits per heavy atom. The number of pyridine rings is 1. The molecule has 5 rings (SSSR count). The van der Waals surface area contributed by atoms with Crippen molar-refractivity contribution >= 4 is 21.9 Å². The third kappa shape index (κ3) is 3.34. The number of hydrogen-bond donors (Lipinski definition) is 2. The second kappa shape index (κ2) is 7.61. The van der Waals surface area contributed by atoms with E-state index in [9.17, 15) is 10.2 Å². The van der Waals surface area contributed by atoms with Crippen molar-refractivity contribution in [1.29, 1.82) is 0 Å². The summed E-state index contributed by atoms with van der Waals surface area (Å²) in [4.78, 5) is 14.0. The molecule has 29 heavy (non-hydrogen) atoms. The zero-order valence-electron chi connectivity index (χ0n) is 15.1. The van der Waals surface area contributed by atoms with Crippen molar-refractivity contribution in [3.63, 3.8) is 0 Å². The molecule has 0 unspecified atom stereocenters. The van der Waals surface area contributed by atoms with E-state index in [0.29, 0.717) is 39.1 Å². The van der Waals surface area contributed by atoms with Gasteiger partial charge in [-0.25, -0.2) is 9.97 Å². The molecule has 0 aliphatic heterocycles. The van der Waals surface area contributed by atoms with Gasteiger partial charge in [0.15, 0.2) is 0 Å². The molecule has 5 aromatic rings. The van der Waals surface area contributed by atoms with Crippen LogP contribution in [0.1, 0.15) is 0 Å². The molecule has 6 heteroatoms. The van der Waals surface area contributed by atoms with Crippen molar-refractivity contribution in [2.75, 3.05) is 0 Å². The van der Waals surface area contributed by atoms with Gasteiger partial charge < -0.3 is 10.2 Å². The molecule has 0 atom stereocenters. The fourth-order valence-electron chi connectivity index (χ4n) is 3.32. The molecule has 0 bridgehead atoms. The summed E-state index contributed by atoms with van der Waals surface area (Å²) in [5.74, 6) is 0.329. The van der Waals surface area contributed by atoms with Gasteiger partial charge in [0.1, 0.15) is 17.0 Å². The summed E-state index contributed by atoms with van der Waals surface area (Å²) in [6.07, 6.45) is 1.65. The SMILES string of the molecule is Oc1ccccc1-c1ccc2ccc3ncc(-c4ccccc4O)nc3c2n1.[Pt]. The molecule has 2 aromatic heterocycles. The van der Waals surface area contributed by atoms with E-state index in [1.54, 1.807) is 36.5 Å². The molecule has 0 spiro atoms. The Bertz CT molecular complexity index is 1250. The molecular formula is C23H15N3O2Pt. The van der Waals surface area contributed by atoms with Gasteiger partial charge in [-0.3, -0.25) is 4.98 Å². The minimum Gasteiger partial charge on any atom is -0.507 e. The molecule has 0 amide bonds. The van der Waals surface area contributed by atoms with Crippen LogP contribution in [-0.2, 0) is 21.1 Å². The van der Waals surface area contributed by atoms with Crippen LogP contribution in [0.4, 0.5) is 0 Å². The standard InChI is InChI=1S/C23H15N3O2.Pt/c27-20-7-3-1-5-15(20)17-11-9-14-10-12-18-23(22(14)25-17)26-19(13-24-18)16-6-2-4-8-21(16)28;/h1-13,27-28H;. The second-order valence-corrected chi connectivity index (χ2v) is 6.49. The molecule has 5 nitrogen and oxygen atoms in total. The molecule has 144 valence electrons. The summed E-state index contributed by atoms with van der Waals surface area (Å²) in [6.45, 7) is 0. The van der Waals surface area contributed by atoms with E-state index in [2.05, 4.69) is 4.98 Å². The summed E-state index contributed by atoms with van der Waals surface area (Å²) in [5, 5.41) is 21.3. The van der Waals surface area contributed by atoms with Gasteiger partial charge in [-0.2, -0.15) is 0 Å². The van der Waals surface area contributed by atoms with Gasteiger partial charge >= 0.3 is 0 Å². The summed E-state index contributed by atoms with van der Waals surface area (Å²) >= 11 is 0.